The average molecular weight is 610 g/mol. The number of carbonyl (C=O) groups is 1. The van der Waals surface area contributed by atoms with E-state index in [1.807, 2.05) is 11.0 Å². The first kappa shape index (κ1) is 28.6. The second kappa shape index (κ2) is 10.9. The second-order valence-corrected chi connectivity index (χ2v) is 12.5. The molecule has 1 fully saturated rings. The minimum Gasteiger partial charge on any atom is -0.391 e. The molecule has 3 aromatic heterocycles. The maximum atomic E-state index is 13.5. The lowest BCUT2D eigenvalue weighted by atomic mass is 10.1. The molecule has 0 spiro atoms. The molecule has 222 valence electrons. The Morgan fingerprint density at radius 1 is 1.12 bits per heavy atom. The first-order chi connectivity index (χ1) is 20.5. The quantitative estimate of drug-likeness (QED) is 0.238. The van der Waals surface area contributed by atoms with Crippen LogP contribution in [0.2, 0.25) is 0 Å². The van der Waals surface area contributed by atoms with Gasteiger partial charge in [-0.15, -0.1) is 0 Å². The molecular weight excluding hydrogens is 583 g/mol. The Morgan fingerprint density at radius 3 is 2.70 bits per heavy atom. The van der Waals surface area contributed by atoms with Crippen molar-refractivity contribution in [2.45, 2.75) is 30.1 Å². The highest BCUT2D eigenvalue weighted by Crippen LogP contribution is 2.34. The number of hydrogen-bond acceptors (Lipinski definition) is 8. The van der Waals surface area contributed by atoms with Gasteiger partial charge in [0, 0.05) is 36.3 Å². The summed E-state index contributed by atoms with van der Waals surface area (Å²) in [6, 6.07) is 15.3. The zero-order valence-electron chi connectivity index (χ0n) is 22.6. The zero-order chi connectivity index (χ0) is 30.4. The fraction of sp³-hybridized carbons (Fsp3) is 0.241. The summed E-state index contributed by atoms with van der Waals surface area (Å²) in [5.41, 5.74) is 0.495. The van der Waals surface area contributed by atoms with E-state index in [2.05, 4.69) is 20.4 Å². The predicted molar refractivity (Wildman–Crippen MR) is 156 cm³/mol. The van der Waals surface area contributed by atoms with Crippen molar-refractivity contribution in [1.82, 2.24) is 19.7 Å². The molecule has 4 heterocycles. The maximum absolute atomic E-state index is 13.5. The summed E-state index contributed by atoms with van der Waals surface area (Å²) in [4.78, 5) is 23.0. The van der Waals surface area contributed by atoms with Gasteiger partial charge in [0.25, 0.3) is 5.91 Å². The third-order valence-electron chi connectivity index (χ3n) is 7.27. The van der Waals surface area contributed by atoms with Crippen LogP contribution < -0.4 is 10.2 Å². The number of nitrogens with zero attached hydrogens (tertiary/aromatic N) is 5. The number of aliphatic hydroxyl groups excluding tert-OH is 1. The molecule has 1 aliphatic heterocycles. The van der Waals surface area contributed by atoms with Crippen LogP contribution in [0.15, 0.2) is 78.0 Å². The molecule has 2 unspecified atom stereocenters. The van der Waals surface area contributed by atoms with Crippen LogP contribution in [0.1, 0.15) is 22.6 Å². The molecule has 0 saturated carbocycles. The summed E-state index contributed by atoms with van der Waals surface area (Å²) in [7, 11) is -3.20. The predicted octanol–water partition coefficient (Wildman–Crippen LogP) is 4.93. The van der Waals surface area contributed by atoms with Gasteiger partial charge >= 0.3 is 6.18 Å². The van der Waals surface area contributed by atoms with Crippen molar-refractivity contribution in [3.63, 3.8) is 0 Å². The molecule has 1 amide bonds. The molecule has 0 radical (unpaired) electrons. The molecule has 10 nitrogen and oxygen atoms in total. The van der Waals surface area contributed by atoms with Gasteiger partial charge in [-0.2, -0.15) is 18.3 Å². The van der Waals surface area contributed by atoms with Crippen LogP contribution in [-0.2, 0) is 22.5 Å². The molecule has 2 aromatic carbocycles. The van der Waals surface area contributed by atoms with Gasteiger partial charge < -0.3 is 15.3 Å². The van der Waals surface area contributed by atoms with Gasteiger partial charge in [-0.1, -0.05) is 24.3 Å². The third kappa shape index (κ3) is 5.88. The molecule has 0 aliphatic carbocycles. The molecule has 1 saturated heterocycles. The lowest BCUT2D eigenvalue weighted by molar-refractivity contribution is -0.141. The summed E-state index contributed by atoms with van der Waals surface area (Å²) in [5.74, 6) is -0.831. The van der Waals surface area contributed by atoms with Crippen LogP contribution in [0, 0.1) is 4.78 Å². The number of β-amino-alcohol motifs (C(OH)–C–C–N with tert-alkyl or cyclic N) is 1. The number of rotatable bonds is 7. The lowest BCUT2D eigenvalue weighted by Gasteiger charge is -2.22. The van der Waals surface area contributed by atoms with E-state index in [4.69, 9.17) is 4.78 Å². The van der Waals surface area contributed by atoms with Crippen molar-refractivity contribution in [2.75, 3.05) is 29.1 Å². The third-order valence-corrected chi connectivity index (χ3v) is 9.09. The topological polar surface area (TPSA) is 137 Å². The molecule has 6 rings (SSSR count). The highest BCUT2D eigenvalue weighted by molar-refractivity contribution is 7.92. The maximum Gasteiger partial charge on any atom is 0.433 e. The van der Waals surface area contributed by atoms with E-state index >= 15 is 0 Å². The largest absolute Gasteiger partial charge is 0.433 e. The van der Waals surface area contributed by atoms with Crippen molar-refractivity contribution in [1.29, 1.82) is 4.78 Å². The van der Waals surface area contributed by atoms with Gasteiger partial charge in [-0.05, 0) is 42.8 Å². The molecule has 2 atom stereocenters. The lowest BCUT2D eigenvalue weighted by Crippen LogP contribution is -2.24. The number of para-hydroxylation sites is 1. The van der Waals surface area contributed by atoms with E-state index < -0.39 is 39.3 Å². The fourth-order valence-corrected chi connectivity index (χ4v) is 6.62. The van der Waals surface area contributed by atoms with Gasteiger partial charge in [0.15, 0.2) is 0 Å². The smallest absolute Gasteiger partial charge is 0.391 e. The standard InChI is InChI=1S/C29H26F3N7O3S/c30-29(31,32)27-7-3-6-22(35-27)28(41)36-24-14-18-16-39(37-23(18)15-25(24)38-11-9-19(40)17-38)12-13-43(33,42)26-8-10-34-21-5-2-1-4-20(21)26/h1-8,10,14-16,19,33,40H,9,11-13,17H2,(H,36,41). The first-order valence-electron chi connectivity index (χ1n) is 13.4. The van der Waals surface area contributed by atoms with Crippen molar-refractivity contribution >= 4 is 48.8 Å². The van der Waals surface area contributed by atoms with E-state index in [0.717, 1.165) is 12.1 Å². The van der Waals surface area contributed by atoms with Crippen molar-refractivity contribution in [3.05, 3.63) is 84.4 Å². The summed E-state index contributed by atoms with van der Waals surface area (Å²) in [6.45, 7) is 0.970. The Kier molecular flexibility index (Phi) is 7.26. The summed E-state index contributed by atoms with van der Waals surface area (Å²) < 4.78 is 63.2. The molecule has 0 bridgehead atoms. The van der Waals surface area contributed by atoms with Crippen molar-refractivity contribution in [3.8, 4) is 0 Å². The second-order valence-electron chi connectivity index (χ2n) is 10.3. The van der Waals surface area contributed by atoms with Crippen molar-refractivity contribution in [2.24, 2.45) is 0 Å². The van der Waals surface area contributed by atoms with Crippen LogP contribution in [0.3, 0.4) is 0 Å². The number of fused-ring (bicyclic) bond motifs is 2. The number of nitrogens with one attached hydrogen (secondary N) is 2. The van der Waals surface area contributed by atoms with E-state index in [-0.39, 0.29) is 12.3 Å². The Hall–Kier alpha value is -4.56. The summed E-state index contributed by atoms with van der Waals surface area (Å²) >= 11 is 0. The highest BCUT2D eigenvalue weighted by atomic mass is 32.2. The number of halogens is 3. The normalized spacial score (nSPS) is 16.9. The van der Waals surface area contributed by atoms with E-state index in [1.165, 1.54) is 12.3 Å². The van der Waals surface area contributed by atoms with E-state index in [9.17, 15) is 27.3 Å². The number of benzene rings is 2. The SMILES string of the molecule is N=S(=O)(CCn1cc2cc(NC(=O)c3cccc(C(F)(F)F)n3)c(N3CCC(O)C3)cc2n1)c1ccnc2ccccc12. The van der Waals surface area contributed by atoms with E-state index in [0.29, 0.717) is 57.6 Å². The molecular formula is C29H26F3N7O3S. The minimum absolute atomic E-state index is 0.00895. The van der Waals surface area contributed by atoms with Gasteiger partial charge in [0.1, 0.15) is 11.4 Å². The average Bonchev–Trinajstić information content (AvgIpc) is 3.60. The van der Waals surface area contributed by atoms with Crippen LogP contribution in [0.4, 0.5) is 24.5 Å². The fourth-order valence-electron chi connectivity index (χ4n) is 5.14. The number of carbonyl (C=O) groups excluding carboxylic acids is 1. The monoisotopic (exact) mass is 609 g/mol. The van der Waals surface area contributed by atoms with Crippen molar-refractivity contribution < 1.29 is 27.3 Å². The molecule has 1 aliphatic rings. The number of hydrogen-bond donors (Lipinski definition) is 3. The summed E-state index contributed by atoms with van der Waals surface area (Å²) in [6.07, 6.45) is -1.54. The number of pyridine rings is 2. The van der Waals surface area contributed by atoms with Gasteiger partial charge in [-0.3, -0.25) is 14.5 Å². The molecule has 3 N–H and O–H groups in total. The van der Waals surface area contributed by atoms with Crippen LogP contribution >= 0.6 is 0 Å². The number of aliphatic hydroxyl groups is 1. The Morgan fingerprint density at radius 2 is 1.93 bits per heavy atom. The number of aromatic nitrogens is 4. The minimum atomic E-state index is -4.70. The zero-order valence-corrected chi connectivity index (χ0v) is 23.4. The van der Waals surface area contributed by atoms with Crippen LogP contribution in [0.5, 0.6) is 0 Å². The Labute approximate surface area is 244 Å². The number of amides is 1. The van der Waals surface area contributed by atoms with Gasteiger partial charge in [0.05, 0.1) is 55.4 Å². The molecule has 14 heteroatoms. The highest BCUT2D eigenvalue weighted by Gasteiger charge is 2.33. The Bertz CT molecular complexity index is 1960. The van der Waals surface area contributed by atoms with Gasteiger partial charge in [-0.25, -0.2) is 14.0 Å². The number of alkyl halides is 3. The first-order valence-corrected chi connectivity index (χ1v) is 15.1. The molecule has 43 heavy (non-hydrogen) atoms. The number of anilines is 2. The summed E-state index contributed by atoms with van der Waals surface area (Å²) in [5, 5.41) is 18.7. The van der Waals surface area contributed by atoms with Gasteiger partial charge in [0.2, 0.25) is 0 Å². The number of aryl methyl sites for hydroxylation is 1. The van der Waals surface area contributed by atoms with E-state index in [1.54, 1.807) is 47.3 Å². The molecule has 5 aromatic rings. The van der Waals surface area contributed by atoms with Crippen LogP contribution in [-0.4, -0.2) is 59.9 Å². The van der Waals surface area contributed by atoms with Crippen LogP contribution in [0.25, 0.3) is 21.8 Å². The Balaban J connectivity index is 1.29.